The summed E-state index contributed by atoms with van der Waals surface area (Å²) in [5, 5.41) is 10.5. The van der Waals surface area contributed by atoms with Crippen molar-refractivity contribution < 1.29 is 4.42 Å². The van der Waals surface area contributed by atoms with Crippen LogP contribution in [0.3, 0.4) is 0 Å². The van der Waals surface area contributed by atoms with Crippen LogP contribution in [0.2, 0.25) is 0 Å². The van der Waals surface area contributed by atoms with Gasteiger partial charge in [-0.25, -0.2) is 9.97 Å². The number of benzene rings is 9. The van der Waals surface area contributed by atoms with E-state index in [9.17, 15) is 0 Å². The Hall–Kier alpha value is -7.56. The van der Waals surface area contributed by atoms with E-state index in [1.807, 2.05) is 6.07 Å². The molecule has 0 saturated carbocycles. The van der Waals surface area contributed by atoms with Crippen molar-refractivity contribution in [3.8, 4) is 39.5 Å². The Labute approximate surface area is 321 Å². The first kappa shape index (κ1) is 30.9. The monoisotopic (exact) mass is 713 g/mol. The van der Waals surface area contributed by atoms with Gasteiger partial charge in [0, 0.05) is 21.7 Å². The normalized spacial score (nSPS) is 11.9. The number of nitrogens with zero attached hydrogens (tertiary/aromatic N) is 3. The van der Waals surface area contributed by atoms with E-state index in [2.05, 4.69) is 187 Å². The van der Waals surface area contributed by atoms with Crippen molar-refractivity contribution >= 4 is 76.2 Å². The third-order valence-corrected chi connectivity index (χ3v) is 11.4. The number of rotatable bonds is 4. The molecule has 4 heteroatoms. The molecule has 0 bridgehead atoms. The van der Waals surface area contributed by atoms with Crippen molar-refractivity contribution in [1.29, 1.82) is 0 Å². The van der Waals surface area contributed by atoms with E-state index in [0.717, 1.165) is 55.3 Å². The molecule has 0 N–H and O–H groups in total. The second kappa shape index (κ2) is 12.0. The third-order valence-electron chi connectivity index (χ3n) is 11.4. The molecule has 0 atom stereocenters. The fraction of sp³-hybridized carbons (Fsp3) is 0. The van der Waals surface area contributed by atoms with E-state index in [1.54, 1.807) is 0 Å². The average Bonchev–Trinajstić information content (AvgIpc) is 3.82. The maximum Gasteiger partial charge on any atom is 0.236 e. The molecule has 0 aliphatic carbocycles. The van der Waals surface area contributed by atoms with Crippen molar-refractivity contribution in [3.05, 3.63) is 188 Å². The minimum Gasteiger partial charge on any atom is -0.452 e. The maximum absolute atomic E-state index is 6.83. The second-order valence-electron chi connectivity index (χ2n) is 14.6. The lowest BCUT2D eigenvalue weighted by Gasteiger charge is -2.10. The van der Waals surface area contributed by atoms with Gasteiger partial charge in [-0.2, -0.15) is 0 Å². The Kier molecular flexibility index (Phi) is 6.60. The minimum atomic E-state index is 0.606. The molecular formula is C52H31N3O. The zero-order valence-electron chi connectivity index (χ0n) is 30.1. The molecule has 3 aromatic heterocycles. The van der Waals surface area contributed by atoms with Crippen molar-refractivity contribution in [1.82, 2.24) is 14.5 Å². The Morgan fingerprint density at radius 3 is 1.61 bits per heavy atom. The van der Waals surface area contributed by atoms with Gasteiger partial charge in [-0.3, -0.25) is 4.57 Å². The van der Waals surface area contributed by atoms with Crippen LogP contribution in [0.1, 0.15) is 0 Å². The average molecular weight is 714 g/mol. The highest BCUT2D eigenvalue weighted by molar-refractivity contribution is 6.28. The topological polar surface area (TPSA) is 43.9 Å². The SMILES string of the molecule is c1ccc(-c2ccc(-c3ccc4c(c3)oc3c(-c5ccc6ccccc6c5)nc(-n5c6ccc7ccccc7c6c6c7ccccc7ccc65)nc34)cc2)cc1. The van der Waals surface area contributed by atoms with Gasteiger partial charge in [0.05, 0.1) is 11.0 Å². The van der Waals surface area contributed by atoms with Crippen LogP contribution in [0, 0.1) is 0 Å². The molecule has 260 valence electrons. The molecule has 0 aliphatic rings. The van der Waals surface area contributed by atoms with Gasteiger partial charge < -0.3 is 4.42 Å². The first-order valence-electron chi connectivity index (χ1n) is 19.0. The summed E-state index contributed by atoms with van der Waals surface area (Å²) in [6, 6.07) is 66.8. The Morgan fingerprint density at radius 2 is 0.911 bits per heavy atom. The minimum absolute atomic E-state index is 0.606. The fourth-order valence-corrected chi connectivity index (χ4v) is 8.69. The lowest BCUT2D eigenvalue weighted by Crippen LogP contribution is -2.03. The number of aromatic nitrogens is 3. The van der Waals surface area contributed by atoms with Gasteiger partial charge in [0.2, 0.25) is 5.95 Å². The molecule has 4 nitrogen and oxygen atoms in total. The van der Waals surface area contributed by atoms with Crippen LogP contribution in [0.25, 0.3) is 116 Å². The van der Waals surface area contributed by atoms with E-state index in [-0.39, 0.29) is 0 Å². The summed E-state index contributed by atoms with van der Waals surface area (Å²) in [4.78, 5) is 10.9. The van der Waals surface area contributed by atoms with Gasteiger partial charge in [0.1, 0.15) is 16.8 Å². The molecule has 0 amide bonds. The Morgan fingerprint density at radius 1 is 0.375 bits per heavy atom. The highest BCUT2D eigenvalue weighted by Gasteiger charge is 2.23. The predicted molar refractivity (Wildman–Crippen MR) is 232 cm³/mol. The zero-order valence-corrected chi connectivity index (χ0v) is 30.1. The van der Waals surface area contributed by atoms with Crippen molar-refractivity contribution in [2.24, 2.45) is 0 Å². The van der Waals surface area contributed by atoms with E-state index >= 15 is 0 Å². The fourth-order valence-electron chi connectivity index (χ4n) is 8.69. The van der Waals surface area contributed by atoms with Crippen molar-refractivity contribution in [2.45, 2.75) is 0 Å². The molecule has 0 spiro atoms. The first-order valence-corrected chi connectivity index (χ1v) is 19.0. The van der Waals surface area contributed by atoms with Crippen LogP contribution in [-0.2, 0) is 0 Å². The van der Waals surface area contributed by atoms with E-state index in [0.29, 0.717) is 11.5 Å². The van der Waals surface area contributed by atoms with E-state index in [1.165, 1.54) is 48.8 Å². The van der Waals surface area contributed by atoms with Crippen LogP contribution < -0.4 is 0 Å². The lowest BCUT2D eigenvalue weighted by atomic mass is 10.00. The first-order chi connectivity index (χ1) is 27.7. The lowest BCUT2D eigenvalue weighted by molar-refractivity contribution is 0.667. The smallest absolute Gasteiger partial charge is 0.236 e. The molecule has 0 radical (unpaired) electrons. The third kappa shape index (κ3) is 4.66. The van der Waals surface area contributed by atoms with Crippen LogP contribution in [-0.4, -0.2) is 14.5 Å². The van der Waals surface area contributed by atoms with Gasteiger partial charge in [0.25, 0.3) is 0 Å². The highest BCUT2D eigenvalue weighted by Crippen LogP contribution is 2.42. The summed E-state index contributed by atoms with van der Waals surface area (Å²) in [5.74, 6) is 0.606. The van der Waals surface area contributed by atoms with E-state index in [4.69, 9.17) is 14.4 Å². The molecule has 0 aliphatic heterocycles. The quantitative estimate of drug-likeness (QED) is 0.182. The van der Waals surface area contributed by atoms with Gasteiger partial charge in [0.15, 0.2) is 5.58 Å². The van der Waals surface area contributed by atoms with Crippen LogP contribution >= 0.6 is 0 Å². The summed E-state index contributed by atoms with van der Waals surface area (Å²) in [6.07, 6.45) is 0. The summed E-state index contributed by atoms with van der Waals surface area (Å²) in [5.41, 5.74) is 10.7. The van der Waals surface area contributed by atoms with E-state index < -0.39 is 0 Å². The van der Waals surface area contributed by atoms with Gasteiger partial charge in [-0.05, 0) is 84.9 Å². The van der Waals surface area contributed by atoms with Gasteiger partial charge in [-0.1, -0.05) is 158 Å². The molecule has 56 heavy (non-hydrogen) atoms. The van der Waals surface area contributed by atoms with Crippen molar-refractivity contribution in [2.75, 3.05) is 0 Å². The van der Waals surface area contributed by atoms with Crippen LogP contribution in [0.5, 0.6) is 0 Å². The predicted octanol–water partition coefficient (Wildman–Crippen LogP) is 13.9. The maximum atomic E-state index is 6.83. The largest absolute Gasteiger partial charge is 0.452 e. The summed E-state index contributed by atoms with van der Waals surface area (Å²) < 4.78 is 9.08. The van der Waals surface area contributed by atoms with Crippen LogP contribution in [0.15, 0.2) is 192 Å². The van der Waals surface area contributed by atoms with Crippen molar-refractivity contribution in [3.63, 3.8) is 0 Å². The van der Waals surface area contributed by atoms with Gasteiger partial charge in [-0.15, -0.1) is 0 Å². The number of fused-ring (bicyclic) bond motifs is 11. The Balaban J connectivity index is 1.13. The molecular weight excluding hydrogens is 683 g/mol. The molecule has 12 aromatic rings. The molecule has 0 fully saturated rings. The van der Waals surface area contributed by atoms with Crippen LogP contribution in [0.4, 0.5) is 0 Å². The van der Waals surface area contributed by atoms with Gasteiger partial charge >= 0.3 is 0 Å². The molecule has 3 heterocycles. The molecule has 9 aromatic carbocycles. The number of hydrogen-bond donors (Lipinski definition) is 0. The molecule has 0 unspecified atom stereocenters. The zero-order chi connectivity index (χ0) is 36.7. The summed E-state index contributed by atoms with van der Waals surface area (Å²) in [7, 11) is 0. The number of hydrogen-bond acceptors (Lipinski definition) is 3. The second-order valence-corrected chi connectivity index (χ2v) is 14.6. The number of furan rings is 1. The standard InChI is InChI=1S/C52H31N3O/c1-2-10-32(11-3-1)34-18-20-35(21-19-34)39-24-27-43-46(31-39)56-51-49(40-23-22-33-12-4-5-15-38(33)30-40)53-52(54-50(43)51)55-44-28-25-36-13-6-8-16-41(36)47(44)48-42-17-9-7-14-37(42)26-29-45(48)55/h1-31H. The molecule has 0 saturated heterocycles. The Bertz CT molecular complexity index is 3430. The summed E-state index contributed by atoms with van der Waals surface area (Å²) in [6.45, 7) is 0. The highest BCUT2D eigenvalue weighted by atomic mass is 16.3. The summed E-state index contributed by atoms with van der Waals surface area (Å²) >= 11 is 0. The molecule has 12 rings (SSSR count).